The summed E-state index contributed by atoms with van der Waals surface area (Å²) in [5.41, 5.74) is 8.27. The molecule has 43 heavy (non-hydrogen) atoms. The van der Waals surface area contributed by atoms with Gasteiger partial charge in [-0.1, -0.05) is 146 Å². The predicted molar refractivity (Wildman–Crippen MR) is 184 cm³/mol. The van der Waals surface area contributed by atoms with E-state index < -0.39 is 0 Å². The van der Waals surface area contributed by atoms with Crippen molar-refractivity contribution in [3.05, 3.63) is 176 Å². The lowest BCUT2D eigenvalue weighted by molar-refractivity contribution is 1.17. The summed E-state index contributed by atoms with van der Waals surface area (Å²) in [5.74, 6) is 0. The molecule has 0 aliphatic heterocycles. The Balaban J connectivity index is 1.50. The van der Waals surface area contributed by atoms with Gasteiger partial charge in [-0.05, 0) is 74.1 Å². The third-order valence-corrected chi connectivity index (χ3v) is 8.42. The van der Waals surface area contributed by atoms with Gasteiger partial charge < -0.3 is 4.57 Å². The van der Waals surface area contributed by atoms with E-state index >= 15 is 0 Å². The summed E-state index contributed by atoms with van der Waals surface area (Å²) >= 11 is 0. The molecule has 0 bridgehead atoms. The summed E-state index contributed by atoms with van der Waals surface area (Å²) in [6.45, 7) is 0. The largest absolute Gasteiger partial charge is 0.309 e. The van der Waals surface area contributed by atoms with Crippen molar-refractivity contribution in [3.63, 3.8) is 0 Å². The minimum atomic E-state index is 1.12. The average molecular weight is 548 g/mol. The zero-order valence-corrected chi connectivity index (χ0v) is 23.7. The zero-order valence-electron chi connectivity index (χ0n) is 23.7. The first-order valence-corrected chi connectivity index (χ1v) is 14.8. The molecule has 1 heterocycles. The van der Waals surface area contributed by atoms with Gasteiger partial charge in [0, 0.05) is 16.5 Å². The van der Waals surface area contributed by atoms with Crippen LogP contribution in [0, 0.1) is 0 Å². The molecule has 0 saturated heterocycles. The van der Waals surface area contributed by atoms with Gasteiger partial charge in [0.1, 0.15) is 0 Å². The smallest absolute Gasteiger partial charge is 0.0540 e. The maximum atomic E-state index is 2.44. The monoisotopic (exact) mass is 547 g/mol. The fraction of sp³-hybridized carbons (Fsp3) is 0. The molecule has 0 radical (unpaired) electrons. The summed E-state index contributed by atoms with van der Waals surface area (Å²) < 4.78 is 2.44. The summed E-state index contributed by atoms with van der Waals surface area (Å²) in [6.07, 6.45) is 0. The molecule has 0 atom stereocenters. The van der Waals surface area contributed by atoms with Crippen LogP contribution < -0.4 is 0 Å². The van der Waals surface area contributed by atoms with E-state index in [2.05, 4.69) is 180 Å². The van der Waals surface area contributed by atoms with Gasteiger partial charge in [0.05, 0.1) is 11.0 Å². The van der Waals surface area contributed by atoms with Crippen LogP contribution >= 0.6 is 0 Å². The van der Waals surface area contributed by atoms with Crippen molar-refractivity contribution in [3.8, 4) is 27.9 Å². The quantitative estimate of drug-likeness (QED) is 0.207. The Bertz CT molecular complexity index is 2240. The fourth-order valence-corrected chi connectivity index (χ4v) is 6.44. The SMILES string of the molecule is c1ccc(-c2cccc(-c3cccc(-n4c5ccccc5c5ccccc5c5ccccc5c5ccccc54)c3)c2)cc1. The van der Waals surface area contributed by atoms with Gasteiger partial charge in [-0.25, -0.2) is 0 Å². The average Bonchev–Trinajstić information content (AvgIpc) is 3.13. The highest BCUT2D eigenvalue weighted by Gasteiger charge is 2.11. The number of nitrogens with zero attached hydrogens (tertiary/aromatic N) is 1. The first-order valence-electron chi connectivity index (χ1n) is 14.8. The Kier molecular flexibility index (Phi) is 6.20. The zero-order chi connectivity index (χ0) is 28.6. The number of hydrogen-bond donors (Lipinski definition) is 0. The minimum absolute atomic E-state index is 1.12. The van der Waals surface area contributed by atoms with Gasteiger partial charge in [-0.2, -0.15) is 0 Å². The molecule has 0 amide bonds. The lowest BCUT2D eigenvalue weighted by atomic mass is 9.99. The Hall–Kier alpha value is -5.66. The summed E-state index contributed by atoms with van der Waals surface area (Å²) in [6, 6.07) is 63.6. The molecule has 0 unspecified atom stereocenters. The molecule has 8 aromatic rings. The second-order valence-corrected chi connectivity index (χ2v) is 11.0. The maximum absolute atomic E-state index is 2.44. The minimum Gasteiger partial charge on any atom is -0.309 e. The number of aromatic nitrogens is 1. The van der Waals surface area contributed by atoms with E-state index in [0.29, 0.717) is 0 Å². The predicted octanol–water partition coefficient (Wildman–Crippen LogP) is 11.5. The highest BCUT2D eigenvalue weighted by molar-refractivity contribution is 6.19. The molecular weight excluding hydrogens is 518 g/mol. The topological polar surface area (TPSA) is 4.93 Å². The Morgan fingerprint density at radius 1 is 0.256 bits per heavy atom. The molecule has 1 nitrogen and oxygen atoms in total. The van der Waals surface area contributed by atoms with Crippen molar-refractivity contribution in [1.29, 1.82) is 0 Å². The normalized spacial score (nSPS) is 11.3. The van der Waals surface area contributed by atoms with Crippen LogP contribution in [0.5, 0.6) is 0 Å². The summed E-state index contributed by atoms with van der Waals surface area (Å²) in [4.78, 5) is 0. The van der Waals surface area contributed by atoms with Crippen molar-refractivity contribution in [2.75, 3.05) is 0 Å². The summed E-state index contributed by atoms with van der Waals surface area (Å²) in [7, 11) is 0. The summed E-state index contributed by atoms with van der Waals surface area (Å²) in [5, 5.41) is 7.37. The van der Waals surface area contributed by atoms with Crippen LogP contribution in [-0.2, 0) is 0 Å². The lowest BCUT2D eigenvalue weighted by Crippen LogP contribution is -1.98. The van der Waals surface area contributed by atoms with Gasteiger partial charge >= 0.3 is 0 Å². The van der Waals surface area contributed by atoms with Crippen LogP contribution in [0.25, 0.3) is 71.3 Å². The van der Waals surface area contributed by atoms with Crippen LogP contribution in [0.3, 0.4) is 0 Å². The Morgan fingerprint density at radius 2 is 0.628 bits per heavy atom. The van der Waals surface area contributed by atoms with E-state index in [1.807, 2.05) is 0 Å². The molecule has 0 aliphatic rings. The molecule has 0 aliphatic carbocycles. The first-order chi connectivity index (χ1) is 21.3. The molecular formula is C42H29N. The molecule has 1 aromatic heterocycles. The van der Waals surface area contributed by atoms with Gasteiger partial charge in [0.25, 0.3) is 0 Å². The highest BCUT2D eigenvalue weighted by Crippen LogP contribution is 2.35. The Morgan fingerprint density at radius 3 is 1.19 bits per heavy atom. The van der Waals surface area contributed by atoms with E-state index in [1.54, 1.807) is 0 Å². The van der Waals surface area contributed by atoms with Crippen molar-refractivity contribution in [2.24, 2.45) is 0 Å². The van der Waals surface area contributed by atoms with Gasteiger partial charge in [-0.15, -0.1) is 0 Å². The molecule has 0 spiro atoms. The van der Waals surface area contributed by atoms with Crippen LogP contribution in [0.2, 0.25) is 0 Å². The number of rotatable bonds is 3. The molecule has 7 aromatic carbocycles. The van der Waals surface area contributed by atoms with Crippen LogP contribution in [0.1, 0.15) is 0 Å². The lowest BCUT2D eigenvalue weighted by Gasteiger charge is -2.15. The van der Waals surface area contributed by atoms with Gasteiger partial charge in [0.2, 0.25) is 0 Å². The number of fused-ring (bicyclic) bond motifs is 7. The third-order valence-electron chi connectivity index (χ3n) is 8.42. The molecule has 8 rings (SSSR count). The fourth-order valence-electron chi connectivity index (χ4n) is 6.44. The molecule has 0 fully saturated rings. The van der Waals surface area contributed by atoms with E-state index in [1.165, 1.54) is 54.6 Å². The highest BCUT2D eigenvalue weighted by atomic mass is 15.0. The van der Waals surface area contributed by atoms with E-state index in [9.17, 15) is 0 Å². The number of para-hydroxylation sites is 2. The Labute approximate surface area is 251 Å². The second kappa shape index (κ2) is 10.6. The van der Waals surface area contributed by atoms with Crippen LogP contribution in [0.15, 0.2) is 176 Å². The van der Waals surface area contributed by atoms with E-state index in [-0.39, 0.29) is 0 Å². The van der Waals surface area contributed by atoms with Crippen LogP contribution in [0.4, 0.5) is 0 Å². The molecule has 0 saturated carbocycles. The van der Waals surface area contributed by atoms with Crippen molar-refractivity contribution >= 4 is 43.4 Å². The standard InChI is InChI=1S/C42H29N/c1-2-14-30(15-3-1)31-16-12-17-32(28-31)33-18-13-19-34(29-33)43-41-26-10-8-24-39(41)37-22-6-4-20-35(37)36-21-5-7-23-38(36)40-25-9-11-27-42(40)43/h1-29H. The maximum Gasteiger partial charge on any atom is 0.0540 e. The van der Waals surface area contributed by atoms with Crippen molar-refractivity contribution in [1.82, 2.24) is 4.57 Å². The molecule has 1 heteroatoms. The van der Waals surface area contributed by atoms with Gasteiger partial charge in [0.15, 0.2) is 0 Å². The number of benzene rings is 7. The van der Waals surface area contributed by atoms with E-state index in [0.717, 1.165) is 16.7 Å². The van der Waals surface area contributed by atoms with Crippen LogP contribution in [-0.4, -0.2) is 4.57 Å². The van der Waals surface area contributed by atoms with Gasteiger partial charge in [-0.3, -0.25) is 0 Å². The second-order valence-electron chi connectivity index (χ2n) is 11.0. The molecule has 202 valence electrons. The third kappa shape index (κ3) is 4.43. The van der Waals surface area contributed by atoms with Crippen molar-refractivity contribution in [2.45, 2.75) is 0 Å². The first kappa shape index (κ1) is 25.1. The van der Waals surface area contributed by atoms with E-state index in [4.69, 9.17) is 0 Å². The number of hydrogen-bond acceptors (Lipinski definition) is 0. The molecule has 0 N–H and O–H groups in total. The van der Waals surface area contributed by atoms with Crippen molar-refractivity contribution < 1.29 is 0 Å².